The number of anilines is 1. The molecule has 0 aliphatic carbocycles. The summed E-state index contributed by atoms with van der Waals surface area (Å²) in [5.74, 6) is -1.89. The van der Waals surface area contributed by atoms with E-state index in [9.17, 15) is 34.5 Å². The number of hydrogen-bond acceptors (Lipinski definition) is 11. The summed E-state index contributed by atoms with van der Waals surface area (Å²) in [5, 5.41) is 35.2. The molecule has 0 radical (unpaired) electrons. The van der Waals surface area contributed by atoms with Gasteiger partial charge in [-0.3, -0.25) is 14.4 Å². The number of unbranched alkanes of at least 4 members (excludes halogenated alkanes) is 4. The molecule has 5 N–H and O–H groups in total. The second-order valence-electron chi connectivity index (χ2n) is 11.0. The highest BCUT2D eigenvalue weighted by molar-refractivity contribution is 7.70. The molecule has 3 rings (SSSR count). The van der Waals surface area contributed by atoms with Gasteiger partial charge in [0.2, 0.25) is 5.91 Å². The van der Waals surface area contributed by atoms with Crippen LogP contribution in [0, 0.1) is 11.8 Å². The molecule has 0 spiro atoms. The number of allylic oxidation sites excluding steroid dienone is 1. The van der Waals surface area contributed by atoms with Gasteiger partial charge in [-0.05, 0) is 44.6 Å². The van der Waals surface area contributed by atoms with Gasteiger partial charge < -0.3 is 35.1 Å². The quantitative estimate of drug-likeness (QED) is 0.0604. The molecular formula is C30H42N2O9S2. The van der Waals surface area contributed by atoms with Crippen LogP contribution in [0.3, 0.4) is 0 Å². The van der Waals surface area contributed by atoms with Crippen LogP contribution >= 0.6 is 20.7 Å². The zero-order valence-corrected chi connectivity index (χ0v) is 26.4. The zero-order valence-electron chi connectivity index (χ0n) is 24.7. The van der Waals surface area contributed by atoms with Gasteiger partial charge in [-0.15, -0.1) is 0 Å². The van der Waals surface area contributed by atoms with E-state index in [1.54, 1.807) is 13.0 Å². The maximum Gasteiger partial charge on any atom is 0.330 e. The van der Waals surface area contributed by atoms with E-state index in [1.165, 1.54) is 27.6 Å². The van der Waals surface area contributed by atoms with Gasteiger partial charge in [0.15, 0.2) is 5.78 Å². The third kappa shape index (κ3) is 10.2. The first kappa shape index (κ1) is 34.8. The molecule has 238 valence electrons. The van der Waals surface area contributed by atoms with Gasteiger partial charge in [0.1, 0.15) is 24.0 Å². The molecule has 11 nitrogen and oxygen atoms in total. The van der Waals surface area contributed by atoms with Crippen molar-refractivity contribution < 1.29 is 39.2 Å². The largest absolute Gasteiger partial charge is 0.463 e. The molecule has 0 aromatic rings. The fourth-order valence-electron chi connectivity index (χ4n) is 4.62. The number of ether oxygens (including phenoxy) is 2. The van der Waals surface area contributed by atoms with Crippen LogP contribution in [-0.2, 0) is 23.9 Å². The molecular weight excluding hydrogens is 596 g/mol. The Bertz CT molecular complexity index is 1290. The number of H-pyrrole nitrogens is 1. The molecule has 0 saturated carbocycles. The van der Waals surface area contributed by atoms with Gasteiger partial charge in [0, 0.05) is 23.8 Å². The Hall–Kier alpha value is -2.68. The van der Waals surface area contributed by atoms with E-state index in [-0.39, 0.29) is 36.2 Å². The van der Waals surface area contributed by atoms with Crippen LogP contribution in [0.4, 0.5) is 5.69 Å². The van der Waals surface area contributed by atoms with E-state index >= 15 is 0 Å². The fourth-order valence-corrected chi connectivity index (χ4v) is 6.78. The summed E-state index contributed by atoms with van der Waals surface area (Å²) >= 11 is 0. The van der Waals surface area contributed by atoms with Crippen LogP contribution in [0.25, 0.3) is 10.6 Å². The maximum atomic E-state index is 12.6. The molecule has 3 heterocycles. The summed E-state index contributed by atoms with van der Waals surface area (Å²) in [6.07, 6.45) is 4.61. The number of aromatic nitrogens is 1. The average molecular weight is 639 g/mol. The lowest BCUT2D eigenvalue weighted by atomic mass is 9.87. The van der Waals surface area contributed by atoms with Gasteiger partial charge in [-0.2, -0.15) is 0 Å². The first-order chi connectivity index (χ1) is 20.5. The highest BCUT2D eigenvalue weighted by Crippen LogP contribution is 2.35. The van der Waals surface area contributed by atoms with Crippen LogP contribution in [0.1, 0.15) is 65.7 Å². The lowest BCUT2D eigenvalue weighted by Crippen LogP contribution is -2.52. The van der Waals surface area contributed by atoms with Crippen LogP contribution in [0.2, 0.25) is 0 Å². The second kappa shape index (κ2) is 17.0. The summed E-state index contributed by atoms with van der Waals surface area (Å²) in [5.41, 5.74) is 0.986. The first-order valence-corrected chi connectivity index (χ1v) is 16.8. The highest BCUT2D eigenvalue weighted by atomic mass is 32.9. The predicted molar refractivity (Wildman–Crippen MR) is 165 cm³/mol. The van der Waals surface area contributed by atoms with Crippen molar-refractivity contribution >= 4 is 44.0 Å². The molecule has 3 aliphatic heterocycles. The number of amides is 1. The zero-order chi connectivity index (χ0) is 31.5. The number of aliphatic hydroxyl groups excluding tert-OH is 3. The van der Waals surface area contributed by atoms with E-state index in [2.05, 4.69) is 10.3 Å². The number of carbonyl (C=O) groups excluding carboxylic acids is 3. The third-order valence-corrected chi connectivity index (χ3v) is 9.64. The molecule has 0 unspecified atom stereocenters. The smallest absolute Gasteiger partial charge is 0.330 e. The Balaban J connectivity index is 1.29. The van der Waals surface area contributed by atoms with Crippen LogP contribution < -0.4 is 10.9 Å². The third-order valence-electron chi connectivity index (χ3n) is 7.54. The Kier molecular flexibility index (Phi) is 13.7. The monoisotopic (exact) mass is 638 g/mol. The number of hydrogen-bond donors (Lipinski definition) is 5. The fraction of sp³-hybridized carbons (Fsp3) is 0.600. The summed E-state index contributed by atoms with van der Waals surface area (Å²) in [7, 11) is 2.94. The van der Waals surface area contributed by atoms with Gasteiger partial charge >= 0.3 is 5.97 Å². The second-order valence-corrected chi connectivity index (χ2v) is 13.1. The number of ketones is 1. The van der Waals surface area contributed by atoms with Crippen LogP contribution in [-0.4, -0.2) is 75.6 Å². The summed E-state index contributed by atoms with van der Waals surface area (Å²) in [4.78, 5) is 52.5. The number of aliphatic hydroxyl groups is 3. The summed E-state index contributed by atoms with van der Waals surface area (Å²) in [6.45, 7) is 5.27. The topological polar surface area (TPSA) is 175 Å². The Labute approximate surface area is 258 Å². The number of aromatic amines is 1. The Morgan fingerprint density at radius 3 is 2.65 bits per heavy atom. The minimum Gasteiger partial charge on any atom is -0.463 e. The SMILES string of the molecule is C/C(=C\C(=O)OCCCCCCCC(=O)Nc1c2sscc-2[nH]c1=O)[C@@H](O)[C@@H]1OC[C@@H](C/C=C/[C@@H](C)[C@H](C)O)C(=O)[C@H]1O. The van der Waals surface area contributed by atoms with Crippen molar-refractivity contribution in [3.63, 3.8) is 0 Å². The standard InChI is InChI=1S/C30H42N2O9S2/c1-17(19(3)33)10-9-11-20-15-41-28(27(38)26(20)37)25(36)18(2)14-23(35)40-13-8-6-4-5-7-12-22(34)32-24-29-21(16-42-43-29)31-30(24)39/h9-10,14,16-17,19-20,25,27-28,33,36,38H,4-8,11-13,15H2,1-3H3,(H,31,39)(H,32,34)/b10-9+,18-14+/t17-,19+,20-,25-,27-,28+/m1/s1. The van der Waals surface area contributed by atoms with Crippen molar-refractivity contribution in [3.05, 3.63) is 39.5 Å². The van der Waals surface area contributed by atoms with Crippen molar-refractivity contribution in [2.75, 3.05) is 18.5 Å². The first-order valence-electron chi connectivity index (χ1n) is 14.6. The van der Waals surface area contributed by atoms with E-state index in [0.717, 1.165) is 35.9 Å². The number of rotatable bonds is 16. The highest BCUT2D eigenvalue weighted by Gasteiger charge is 2.41. The van der Waals surface area contributed by atoms with Crippen molar-refractivity contribution in [3.8, 4) is 10.6 Å². The van der Waals surface area contributed by atoms with Crippen LogP contribution in [0.5, 0.6) is 0 Å². The molecule has 3 aliphatic rings. The van der Waals surface area contributed by atoms with E-state index < -0.39 is 42.1 Å². The molecule has 1 saturated heterocycles. The van der Waals surface area contributed by atoms with E-state index in [1.807, 2.05) is 18.4 Å². The summed E-state index contributed by atoms with van der Waals surface area (Å²) < 4.78 is 10.8. The number of nitrogens with one attached hydrogen (secondary N) is 2. The number of carbonyl (C=O) groups is 3. The molecule has 6 atom stereocenters. The van der Waals surface area contributed by atoms with Crippen molar-refractivity contribution in [2.24, 2.45) is 11.8 Å². The molecule has 43 heavy (non-hydrogen) atoms. The minimum absolute atomic E-state index is 0.0282. The molecule has 13 heteroatoms. The number of fused-ring (bicyclic) bond motifs is 1. The van der Waals surface area contributed by atoms with Gasteiger partial charge in [0.25, 0.3) is 5.56 Å². The molecule has 0 aromatic heterocycles. The summed E-state index contributed by atoms with van der Waals surface area (Å²) in [6, 6.07) is 0. The lowest BCUT2D eigenvalue weighted by molar-refractivity contribution is -0.165. The molecule has 0 bridgehead atoms. The van der Waals surface area contributed by atoms with Gasteiger partial charge in [-0.1, -0.05) is 59.0 Å². The van der Waals surface area contributed by atoms with Gasteiger partial charge in [0.05, 0.1) is 29.9 Å². The van der Waals surface area contributed by atoms with E-state index in [4.69, 9.17) is 9.47 Å². The number of Topliss-reactive ketones (excluding diaryl/α,β-unsaturated/α-hetero) is 1. The molecule has 0 aromatic carbocycles. The van der Waals surface area contributed by atoms with Crippen molar-refractivity contribution in [1.82, 2.24) is 4.98 Å². The van der Waals surface area contributed by atoms with Gasteiger partial charge in [-0.25, -0.2) is 4.79 Å². The lowest BCUT2D eigenvalue weighted by Gasteiger charge is -2.34. The molecule has 1 fully saturated rings. The minimum atomic E-state index is -1.53. The van der Waals surface area contributed by atoms with E-state index in [0.29, 0.717) is 31.4 Å². The van der Waals surface area contributed by atoms with Crippen LogP contribution in [0.15, 0.2) is 34.0 Å². The normalized spacial score (nSPS) is 21.7. The Morgan fingerprint density at radius 1 is 1.19 bits per heavy atom. The Morgan fingerprint density at radius 2 is 1.91 bits per heavy atom. The maximum absolute atomic E-state index is 12.6. The molecule has 1 amide bonds. The van der Waals surface area contributed by atoms with Crippen molar-refractivity contribution in [1.29, 1.82) is 0 Å². The average Bonchev–Trinajstić information content (AvgIpc) is 3.53. The number of esters is 1. The predicted octanol–water partition coefficient (Wildman–Crippen LogP) is 3.64. The van der Waals surface area contributed by atoms with Crippen molar-refractivity contribution in [2.45, 2.75) is 90.1 Å².